The Morgan fingerprint density at radius 2 is 1.52 bits per heavy atom. The van der Waals surface area contributed by atoms with Crippen LogP contribution in [0.15, 0.2) is 42.5 Å². The lowest BCUT2D eigenvalue weighted by molar-refractivity contribution is 0.101. The molecule has 3 N–H and O–H groups in total. The van der Waals surface area contributed by atoms with Crippen LogP contribution >= 0.6 is 0 Å². The molecule has 0 saturated carbocycles. The molecule has 0 heterocycles. The van der Waals surface area contributed by atoms with Crippen molar-refractivity contribution in [3.05, 3.63) is 53.6 Å². The first-order valence-corrected chi connectivity index (χ1v) is 6.44. The lowest BCUT2D eigenvalue weighted by Crippen LogP contribution is -2.19. The van der Waals surface area contributed by atoms with E-state index < -0.39 is 6.03 Å². The number of hydrogen-bond donors (Lipinski definition) is 3. The van der Waals surface area contributed by atoms with Gasteiger partial charge in [0.2, 0.25) is 0 Å². The minimum Gasteiger partial charge on any atom is -0.508 e. The number of carbonyl (C=O) groups is 2. The fourth-order valence-corrected chi connectivity index (χ4v) is 1.81. The molecule has 2 aromatic rings. The molecule has 21 heavy (non-hydrogen) atoms. The van der Waals surface area contributed by atoms with Gasteiger partial charge in [0.15, 0.2) is 5.78 Å². The molecule has 0 saturated heterocycles. The van der Waals surface area contributed by atoms with Crippen LogP contribution in [0.25, 0.3) is 0 Å². The second kappa shape index (κ2) is 6.09. The molecule has 0 spiro atoms. The summed E-state index contributed by atoms with van der Waals surface area (Å²) in [4.78, 5) is 23.0. The highest BCUT2D eigenvalue weighted by Crippen LogP contribution is 2.20. The van der Waals surface area contributed by atoms with Gasteiger partial charge >= 0.3 is 6.03 Å². The first-order valence-electron chi connectivity index (χ1n) is 6.44. The number of nitrogens with one attached hydrogen (secondary N) is 2. The normalized spacial score (nSPS) is 10.0. The van der Waals surface area contributed by atoms with E-state index in [4.69, 9.17) is 0 Å². The number of phenolic OH excluding ortho intramolecular Hbond substituents is 1. The minimum atomic E-state index is -0.393. The monoisotopic (exact) mass is 284 g/mol. The van der Waals surface area contributed by atoms with Gasteiger partial charge in [-0.15, -0.1) is 0 Å². The van der Waals surface area contributed by atoms with Crippen LogP contribution < -0.4 is 10.6 Å². The minimum absolute atomic E-state index is 0.0226. The highest BCUT2D eigenvalue weighted by atomic mass is 16.3. The van der Waals surface area contributed by atoms with Crippen LogP contribution in [0, 0.1) is 6.92 Å². The number of ketones is 1. The molecular weight excluding hydrogens is 268 g/mol. The van der Waals surface area contributed by atoms with E-state index in [1.807, 2.05) is 0 Å². The molecule has 5 heteroatoms. The van der Waals surface area contributed by atoms with Crippen molar-refractivity contribution in [3.8, 4) is 5.75 Å². The van der Waals surface area contributed by atoms with Crippen molar-refractivity contribution in [2.75, 3.05) is 10.6 Å². The lowest BCUT2D eigenvalue weighted by atomic mass is 10.1. The van der Waals surface area contributed by atoms with Gasteiger partial charge in [-0.3, -0.25) is 4.79 Å². The van der Waals surface area contributed by atoms with Gasteiger partial charge in [0, 0.05) is 16.9 Å². The lowest BCUT2D eigenvalue weighted by Gasteiger charge is -2.09. The summed E-state index contributed by atoms with van der Waals surface area (Å²) in [5.41, 5.74) is 2.45. The quantitative estimate of drug-likeness (QED) is 0.595. The molecular formula is C16H16N2O3. The largest absolute Gasteiger partial charge is 0.508 e. The number of phenols is 1. The average Bonchev–Trinajstić information content (AvgIpc) is 2.43. The Bertz CT molecular complexity index is 678. The van der Waals surface area contributed by atoms with Crippen molar-refractivity contribution < 1.29 is 14.7 Å². The summed E-state index contributed by atoms with van der Waals surface area (Å²) in [7, 11) is 0. The third kappa shape index (κ3) is 3.82. The van der Waals surface area contributed by atoms with Crippen LogP contribution in [0.1, 0.15) is 22.8 Å². The number of anilines is 2. The molecule has 108 valence electrons. The highest BCUT2D eigenvalue weighted by molar-refractivity contribution is 6.00. The number of urea groups is 1. The Kier molecular flexibility index (Phi) is 4.23. The van der Waals surface area contributed by atoms with Crippen LogP contribution in [-0.4, -0.2) is 16.9 Å². The third-order valence-electron chi connectivity index (χ3n) is 3.00. The molecule has 2 aromatic carbocycles. The second-order valence-electron chi connectivity index (χ2n) is 4.71. The van der Waals surface area contributed by atoms with E-state index in [1.54, 1.807) is 43.3 Å². The molecule has 0 aliphatic heterocycles. The van der Waals surface area contributed by atoms with E-state index in [-0.39, 0.29) is 11.5 Å². The van der Waals surface area contributed by atoms with Crippen LogP contribution in [0.5, 0.6) is 5.75 Å². The SMILES string of the molecule is CC(=O)c1ccc(NC(=O)Nc2ccc(O)c(C)c2)cc1. The van der Waals surface area contributed by atoms with Crippen LogP contribution in [0.2, 0.25) is 0 Å². The maximum absolute atomic E-state index is 11.8. The Hall–Kier alpha value is -2.82. The van der Waals surface area contributed by atoms with Crippen molar-refractivity contribution in [1.29, 1.82) is 0 Å². The first-order chi connectivity index (χ1) is 9.95. The topological polar surface area (TPSA) is 78.4 Å². The standard InChI is InChI=1S/C16H16N2O3/c1-10-9-14(7-8-15(10)20)18-16(21)17-13-5-3-12(4-6-13)11(2)19/h3-9,20H,1-2H3,(H2,17,18,21). The smallest absolute Gasteiger partial charge is 0.323 e. The summed E-state index contributed by atoms with van der Waals surface area (Å²) in [6, 6.07) is 11.1. The molecule has 2 amide bonds. The number of benzene rings is 2. The van der Waals surface area contributed by atoms with Gasteiger partial charge in [-0.05, 0) is 61.9 Å². The number of carbonyl (C=O) groups excluding carboxylic acids is 2. The van der Waals surface area contributed by atoms with Crippen LogP contribution in [0.3, 0.4) is 0 Å². The van der Waals surface area contributed by atoms with Gasteiger partial charge in [0.25, 0.3) is 0 Å². The zero-order valence-corrected chi connectivity index (χ0v) is 11.8. The number of aromatic hydroxyl groups is 1. The molecule has 0 atom stereocenters. The molecule has 0 fully saturated rings. The van der Waals surface area contributed by atoms with E-state index >= 15 is 0 Å². The fraction of sp³-hybridized carbons (Fsp3) is 0.125. The number of amides is 2. The Morgan fingerprint density at radius 1 is 0.952 bits per heavy atom. The molecule has 0 aromatic heterocycles. The van der Waals surface area contributed by atoms with Crippen molar-refractivity contribution >= 4 is 23.2 Å². The fourth-order valence-electron chi connectivity index (χ4n) is 1.81. The van der Waals surface area contributed by atoms with Crippen molar-refractivity contribution in [2.24, 2.45) is 0 Å². The second-order valence-corrected chi connectivity index (χ2v) is 4.71. The van der Waals surface area contributed by atoms with Crippen LogP contribution in [0.4, 0.5) is 16.2 Å². The first kappa shape index (κ1) is 14.6. The molecule has 5 nitrogen and oxygen atoms in total. The van der Waals surface area contributed by atoms with Gasteiger partial charge in [-0.25, -0.2) is 4.79 Å². The van der Waals surface area contributed by atoms with E-state index in [0.717, 1.165) is 0 Å². The summed E-state index contributed by atoms with van der Waals surface area (Å²) in [6.45, 7) is 3.24. The number of aryl methyl sites for hydroxylation is 1. The van der Waals surface area contributed by atoms with E-state index in [2.05, 4.69) is 10.6 Å². The van der Waals surface area contributed by atoms with E-state index in [9.17, 15) is 14.7 Å². The van der Waals surface area contributed by atoms with Crippen LogP contribution in [-0.2, 0) is 0 Å². The summed E-state index contributed by atoms with van der Waals surface area (Å²) in [5, 5.41) is 14.8. The third-order valence-corrected chi connectivity index (χ3v) is 3.00. The summed E-state index contributed by atoms with van der Waals surface area (Å²) >= 11 is 0. The van der Waals surface area contributed by atoms with Gasteiger partial charge < -0.3 is 15.7 Å². The number of hydrogen-bond acceptors (Lipinski definition) is 3. The van der Waals surface area contributed by atoms with Crippen molar-refractivity contribution in [2.45, 2.75) is 13.8 Å². The zero-order valence-electron chi connectivity index (χ0n) is 11.8. The number of rotatable bonds is 3. The van der Waals surface area contributed by atoms with Gasteiger partial charge in [-0.2, -0.15) is 0 Å². The zero-order chi connectivity index (χ0) is 15.4. The molecule has 0 aliphatic rings. The molecule has 0 radical (unpaired) electrons. The molecule has 0 aliphatic carbocycles. The maximum atomic E-state index is 11.8. The predicted octanol–water partition coefficient (Wildman–Crippen LogP) is 3.55. The summed E-state index contributed by atoms with van der Waals surface area (Å²) in [5.74, 6) is 0.159. The van der Waals surface area contributed by atoms with E-state index in [0.29, 0.717) is 22.5 Å². The summed E-state index contributed by atoms with van der Waals surface area (Å²) < 4.78 is 0. The summed E-state index contributed by atoms with van der Waals surface area (Å²) in [6.07, 6.45) is 0. The van der Waals surface area contributed by atoms with E-state index in [1.165, 1.54) is 13.0 Å². The maximum Gasteiger partial charge on any atom is 0.323 e. The van der Waals surface area contributed by atoms with Gasteiger partial charge in [0.05, 0.1) is 0 Å². The number of Topliss-reactive ketones (excluding diaryl/α,β-unsaturated/α-hetero) is 1. The van der Waals surface area contributed by atoms with Gasteiger partial charge in [-0.1, -0.05) is 0 Å². The molecule has 2 rings (SSSR count). The van der Waals surface area contributed by atoms with Crippen molar-refractivity contribution in [3.63, 3.8) is 0 Å². The van der Waals surface area contributed by atoms with Crippen molar-refractivity contribution in [1.82, 2.24) is 0 Å². The van der Waals surface area contributed by atoms with Gasteiger partial charge in [0.1, 0.15) is 5.75 Å². The molecule has 0 bridgehead atoms. The highest BCUT2D eigenvalue weighted by Gasteiger charge is 2.05. The molecule has 0 unspecified atom stereocenters. The average molecular weight is 284 g/mol. The Labute approximate surface area is 122 Å². The predicted molar refractivity (Wildman–Crippen MR) is 81.9 cm³/mol. The Balaban J connectivity index is 2.01. The Morgan fingerprint density at radius 3 is 2.10 bits per heavy atom.